The van der Waals surface area contributed by atoms with E-state index in [1.165, 1.54) is 0 Å². The Labute approximate surface area is 120 Å². The van der Waals surface area contributed by atoms with Crippen LogP contribution in [0.2, 0.25) is 0 Å². The van der Waals surface area contributed by atoms with Gasteiger partial charge >= 0.3 is 0 Å². The summed E-state index contributed by atoms with van der Waals surface area (Å²) in [6, 6.07) is 7.08. The predicted molar refractivity (Wildman–Crippen MR) is 76.8 cm³/mol. The second-order valence-corrected chi connectivity index (χ2v) is 5.41. The number of hydrogen-bond acceptors (Lipinski definition) is 3. The fourth-order valence-corrected chi connectivity index (χ4v) is 2.20. The Bertz CT molecular complexity index is 475. The summed E-state index contributed by atoms with van der Waals surface area (Å²) in [5, 5.41) is 5.59. The average Bonchev–Trinajstić information content (AvgIpc) is 2.40. The molecule has 1 aliphatic rings. The van der Waals surface area contributed by atoms with Gasteiger partial charge in [0.1, 0.15) is 0 Å². The van der Waals surface area contributed by atoms with Crippen molar-refractivity contribution in [2.45, 2.75) is 13.0 Å². The number of nitrogens with one attached hydrogen (secondary N) is 2. The molecule has 0 aromatic heterocycles. The molecule has 0 aliphatic carbocycles. The van der Waals surface area contributed by atoms with E-state index in [4.69, 9.17) is 0 Å². The van der Waals surface area contributed by atoms with E-state index < -0.39 is 0 Å². The van der Waals surface area contributed by atoms with Gasteiger partial charge in [-0.1, -0.05) is 15.9 Å². The van der Waals surface area contributed by atoms with Crippen LogP contribution in [0, 0.1) is 0 Å². The molecule has 0 spiro atoms. The first-order valence-electron chi connectivity index (χ1n) is 6.13. The lowest BCUT2D eigenvalue weighted by Crippen LogP contribution is -2.53. The Kier molecular flexibility index (Phi) is 4.55. The molecule has 0 saturated carbocycles. The van der Waals surface area contributed by atoms with Gasteiger partial charge in [-0.15, -0.1) is 0 Å². The van der Waals surface area contributed by atoms with Crippen LogP contribution in [0.1, 0.15) is 6.92 Å². The zero-order valence-electron chi connectivity index (χ0n) is 10.6. The molecule has 1 atom stereocenters. The second kappa shape index (κ2) is 6.16. The highest BCUT2D eigenvalue weighted by Crippen LogP contribution is 2.15. The molecule has 6 heteroatoms. The molecule has 1 aliphatic heterocycles. The summed E-state index contributed by atoms with van der Waals surface area (Å²) in [5.74, 6) is -0.133. The number of nitrogens with zero attached hydrogens (tertiary/aromatic N) is 1. The van der Waals surface area contributed by atoms with E-state index in [1.807, 2.05) is 36.1 Å². The van der Waals surface area contributed by atoms with Crippen molar-refractivity contribution in [3.63, 3.8) is 0 Å². The highest BCUT2D eigenvalue weighted by molar-refractivity contribution is 9.10. The van der Waals surface area contributed by atoms with E-state index >= 15 is 0 Å². The molecule has 19 heavy (non-hydrogen) atoms. The minimum atomic E-state index is -0.324. The molecule has 2 amide bonds. The normalized spacial score (nSPS) is 17.7. The summed E-state index contributed by atoms with van der Waals surface area (Å²) < 4.78 is 0.964. The number of benzene rings is 1. The lowest BCUT2D eigenvalue weighted by atomic mass is 10.2. The number of carbonyl (C=O) groups excluding carboxylic acids is 2. The van der Waals surface area contributed by atoms with Crippen molar-refractivity contribution in [2.75, 3.05) is 25.0 Å². The molecular weight excluding hydrogens is 310 g/mol. The van der Waals surface area contributed by atoms with E-state index in [0.717, 1.165) is 10.2 Å². The van der Waals surface area contributed by atoms with Crippen molar-refractivity contribution in [2.24, 2.45) is 0 Å². The third kappa shape index (κ3) is 3.78. The van der Waals surface area contributed by atoms with Crippen LogP contribution >= 0.6 is 15.9 Å². The van der Waals surface area contributed by atoms with Gasteiger partial charge < -0.3 is 10.6 Å². The van der Waals surface area contributed by atoms with Gasteiger partial charge in [-0.25, -0.2) is 0 Å². The van der Waals surface area contributed by atoms with Crippen molar-refractivity contribution < 1.29 is 9.59 Å². The molecule has 0 bridgehead atoms. The molecule has 0 unspecified atom stereocenters. The van der Waals surface area contributed by atoms with Gasteiger partial charge in [-0.2, -0.15) is 0 Å². The Morgan fingerprint density at radius 3 is 2.74 bits per heavy atom. The van der Waals surface area contributed by atoms with Crippen LogP contribution in [-0.4, -0.2) is 42.4 Å². The van der Waals surface area contributed by atoms with Crippen LogP contribution in [0.5, 0.6) is 0 Å². The van der Waals surface area contributed by atoms with Gasteiger partial charge in [-0.3, -0.25) is 14.5 Å². The molecule has 1 heterocycles. The SMILES string of the molecule is C[C@H](C(=O)Nc1ccc(Br)cc1)N1CCNC(=O)C1. The van der Waals surface area contributed by atoms with E-state index in [2.05, 4.69) is 26.6 Å². The number of anilines is 1. The maximum absolute atomic E-state index is 12.1. The van der Waals surface area contributed by atoms with E-state index in [0.29, 0.717) is 13.1 Å². The van der Waals surface area contributed by atoms with Crippen molar-refractivity contribution in [3.8, 4) is 0 Å². The second-order valence-electron chi connectivity index (χ2n) is 4.49. The van der Waals surface area contributed by atoms with Crippen molar-refractivity contribution in [3.05, 3.63) is 28.7 Å². The zero-order chi connectivity index (χ0) is 13.8. The number of carbonyl (C=O) groups is 2. The molecule has 1 aromatic rings. The van der Waals surface area contributed by atoms with E-state index in [9.17, 15) is 9.59 Å². The first-order valence-corrected chi connectivity index (χ1v) is 6.93. The zero-order valence-corrected chi connectivity index (χ0v) is 12.2. The largest absolute Gasteiger partial charge is 0.354 e. The summed E-state index contributed by atoms with van der Waals surface area (Å²) in [7, 11) is 0. The van der Waals surface area contributed by atoms with E-state index in [1.54, 1.807) is 0 Å². The number of amides is 2. The molecular formula is C13H16BrN3O2. The molecule has 2 N–H and O–H groups in total. The summed E-state index contributed by atoms with van der Waals surface area (Å²) in [5.41, 5.74) is 0.751. The third-order valence-corrected chi connectivity index (χ3v) is 3.64. The van der Waals surface area contributed by atoms with Crippen molar-refractivity contribution >= 4 is 33.4 Å². The molecule has 1 saturated heterocycles. The summed E-state index contributed by atoms with van der Waals surface area (Å²) in [6.07, 6.45) is 0. The van der Waals surface area contributed by atoms with Crippen LogP contribution in [0.4, 0.5) is 5.69 Å². The van der Waals surface area contributed by atoms with Gasteiger partial charge in [0, 0.05) is 23.2 Å². The maximum Gasteiger partial charge on any atom is 0.241 e. The van der Waals surface area contributed by atoms with E-state index in [-0.39, 0.29) is 24.4 Å². The Morgan fingerprint density at radius 1 is 1.42 bits per heavy atom. The van der Waals surface area contributed by atoms with Crippen molar-refractivity contribution in [1.29, 1.82) is 0 Å². The predicted octanol–water partition coefficient (Wildman–Crippen LogP) is 1.21. The average molecular weight is 326 g/mol. The van der Waals surface area contributed by atoms with Gasteiger partial charge in [0.15, 0.2) is 0 Å². The molecule has 1 fully saturated rings. The molecule has 0 radical (unpaired) electrons. The summed E-state index contributed by atoms with van der Waals surface area (Å²) in [6.45, 7) is 3.37. The standard InChI is InChI=1S/C13H16BrN3O2/c1-9(17-7-6-15-12(18)8-17)13(19)16-11-4-2-10(14)3-5-11/h2-5,9H,6-8H2,1H3,(H,15,18)(H,16,19)/t9-/m1/s1. The fourth-order valence-electron chi connectivity index (χ4n) is 1.93. The Balaban J connectivity index is 1.95. The van der Waals surface area contributed by atoms with Crippen LogP contribution in [0.25, 0.3) is 0 Å². The number of rotatable bonds is 3. The van der Waals surface area contributed by atoms with Gasteiger partial charge in [-0.05, 0) is 31.2 Å². The quantitative estimate of drug-likeness (QED) is 0.878. The third-order valence-electron chi connectivity index (χ3n) is 3.11. The first kappa shape index (κ1) is 14.0. The number of piperazine rings is 1. The lowest BCUT2D eigenvalue weighted by molar-refractivity contribution is -0.127. The number of hydrogen-bond donors (Lipinski definition) is 2. The van der Waals surface area contributed by atoms with Crippen molar-refractivity contribution in [1.82, 2.24) is 10.2 Å². The Hall–Kier alpha value is -1.40. The summed E-state index contributed by atoms with van der Waals surface area (Å²) in [4.78, 5) is 25.3. The first-order chi connectivity index (χ1) is 9.06. The lowest BCUT2D eigenvalue weighted by Gasteiger charge is -2.31. The van der Waals surface area contributed by atoms with Gasteiger partial charge in [0.05, 0.1) is 12.6 Å². The Morgan fingerprint density at radius 2 is 2.11 bits per heavy atom. The minimum Gasteiger partial charge on any atom is -0.354 e. The van der Waals surface area contributed by atoms with Gasteiger partial charge in [0.2, 0.25) is 11.8 Å². The van der Waals surface area contributed by atoms with Crippen LogP contribution in [-0.2, 0) is 9.59 Å². The topological polar surface area (TPSA) is 61.4 Å². The molecule has 102 valence electrons. The molecule has 2 rings (SSSR count). The highest BCUT2D eigenvalue weighted by atomic mass is 79.9. The summed E-state index contributed by atoms with van der Waals surface area (Å²) >= 11 is 3.34. The van der Waals surface area contributed by atoms with Crippen LogP contribution < -0.4 is 10.6 Å². The number of halogens is 1. The highest BCUT2D eigenvalue weighted by Gasteiger charge is 2.25. The fraction of sp³-hybridized carbons (Fsp3) is 0.385. The van der Waals surface area contributed by atoms with Crippen LogP contribution in [0.3, 0.4) is 0 Å². The monoisotopic (exact) mass is 325 g/mol. The van der Waals surface area contributed by atoms with Gasteiger partial charge in [0.25, 0.3) is 0 Å². The molecule has 1 aromatic carbocycles. The molecule has 5 nitrogen and oxygen atoms in total. The van der Waals surface area contributed by atoms with Crippen LogP contribution in [0.15, 0.2) is 28.7 Å². The smallest absolute Gasteiger partial charge is 0.241 e. The minimum absolute atomic E-state index is 0.0328. The maximum atomic E-state index is 12.1.